The topological polar surface area (TPSA) is 86.7 Å². The molecule has 0 aromatic heterocycles. The Morgan fingerprint density at radius 3 is 2.65 bits per heavy atom. The van der Waals surface area contributed by atoms with Crippen molar-refractivity contribution < 1.29 is 18.4 Å². The number of nitrogens with one attached hydrogen (secondary N) is 1. The Hall–Kier alpha value is -1.44. The third kappa shape index (κ3) is 4.76. The molecule has 7 heteroatoms. The van der Waals surface area contributed by atoms with Crippen LogP contribution in [0.25, 0.3) is 0 Å². The van der Waals surface area contributed by atoms with E-state index in [1.807, 2.05) is 13.0 Å². The summed E-state index contributed by atoms with van der Waals surface area (Å²) in [5.74, 6) is 0.0647. The van der Waals surface area contributed by atoms with Crippen LogP contribution in [0.2, 0.25) is 0 Å². The maximum absolute atomic E-state index is 12.6. The van der Waals surface area contributed by atoms with Crippen molar-refractivity contribution in [3.63, 3.8) is 0 Å². The molecule has 1 aliphatic rings. The summed E-state index contributed by atoms with van der Waals surface area (Å²) in [6.07, 6.45) is 3.52. The SMILES string of the molecule is Cc1cccc(S(=O)(=O)N2CCC(CCCC(=O)NO)CC2)c1. The largest absolute Gasteiger partial charge is 0.289 e. The summed E-state index contributed by atoms with van der Waals surface area (Å²) in [6, 6.07) is 6.99. The van der Waals surface area contributed by atoms with E-state index in [4.69, 9.17) is 5.21 Å². The quantitative estimate of drug-likeness (QED) is 0.613. The van der Waals surface area contributed by atoms with Gasteiger partial charge >= 0.3 is 0 Å². The van der Waals surface area contributed by atoms with Gasteiger partial charge in [-0.1, -0.05) is 12.1 Å². The molecule has 1 amide bonds. The molecular weight excluding hydrogens is 316 g/mol. The molecule has 0 atom stereocenters. The number of nitrogens with zero attached hydrogens (tertiary/aromatic N) is 1. The van der Waals surface area contributed by atoms with Gasteiger partial charge in [0.1, 0.15) is 0 Å². The molecular formula is C16H24N2O4S. The minimum absolute atomic E-state index is 0.304. The number of sulfonamides is 1. The molecule has 1 aliphatic heterocycles. The molecule has 2 rings (SSSR count). The van der Waals surface area contributed by atoms with Crippen molar-refractivity contribution in [2.24, 2.45) is 5.92 Å². The molecule has 1 heterocycles. The highest BCUT2D eigenvalue weighted by molar-refractivity contribution is 7.89. The Morgan fingerprint density at radius 1 is 1.35 bits per heavy atom. The zero-order valence-electron chi connectivity index (χ0n) is 13.4. The van der Waals surface area contributed by atoms with Crippen molar-refractivity contribution in [2.45, 2.75) is 43.9 Å². The number of amides is 1. The molecule has 6 nitrogen and oxygen atoms in total. The normalized spacial score (nSPS) is 17.1. The number of carbonyl (C=O) groups is 1. The van der Waals surface area contributed by atoms with Gasteiger partial charge in [-0.3, -0.25) is 10.0 Å². The van der Waals surface area contributed by atoms with Gasteiger partial charge in [0, 0.05) is 19.5 Å². The van der Waals surface area contributed by atoms with Gasteiger partial charge in [-0.25, -0.2) is 13.9 Å². The standard InChI is InChI=1S/C16H24N2O4S/c1-13-4-2-6-15(12-13)23(21,22)18-10-8-14(9-11-18)5-3-7-16(19)17-20/h2,4,6,12,14,20H,3,5,7-11H2,1H3,(H,17,19). The number of hydroxylamine groups is 1. The van der Waals surface area contributed by atoms with Gasteiger partial charge < -0.3 is 0 Å². The fourth-order valence-electron chi connectivity index (χ4n) is 2.97. The molecule has 1 aromatic rings. The molecule has 0 bridgehead atoms. The zero-order valence-corrected chi connectivity index (χ0v) is 14.2. The molecule has 2 N–H and O–H groups in total. The van der Waals surface area contributed by atoms with Crippen molar-refractivity contribution in [1.82, 2.24) is 9.79 Å². The van der Waals surface area contributed by atoms with Gasteiger partial charge in [0.2, 0.25) is 15.9 Å². The maximum Gasteiger partial charge on any atom is 0.243 e. The van der Waals surface area contributed by atoms with Gasteiger partial charge in [0.15, 0.2) is 0 Å². The zero-order chi connectivity index (χ0) is 16.9. The van der Waals surface area contributed by atoms with Crippen LogP contribution in [-0.4, -0.2) is 36.9 Å². The van der Waals surface area contributed by atoms with E-state index in [9.17, 15) is 13.2 Å². The monoisotopic (exact) mass is 340 g/mol. The number of carbonyl (C=O) groups excluding carboxylic acids is 1. The van der Waals surface area contributed by atoms with Crippen molar-refractivity contribution in [2.75, 3.05) is 13.1 Å². The van der Waals surface area contributed by atoms with Crippen molar-refractivity contribution in [3.8, 4) is 0 Å². The first kappa shape index (κ1) is 17.9. The van der Waals surface area contributed by atoms with Gasteiger partial charge in [0.25, 0.3) is 0 Å². The third-order valence-electron chi connectivity index (χ3n) is 4.34. The highest BCUT2D eigenvalue weighted by Crippen LogP contribution is 2.27. The Morgan fingerprint density at radius 2 is 2.04 bits per heavy atom. The highest BCUT2D eigenvalue weighted by Gasteiger charge is 2.29. The predicted molar refractivity (Wildman–Crippen MR) is 86.4 cm³/mol. The summed E-state index contributed by atoms with van der Waals surface area (Å²) >= 11 is 0. The lowest BCUT2D eigenvalue weighted by Gasteiger charge is -2.31. The Bertz CT molecular complexity index is 637. The van der Waals surface area contributed by atoms with Crippen LogP contribution in [0, 0.1) is 12.8 Å². The summed E-state index contributed by atoms with van der Waals surface area (Å²) in [6.45, 7) is 2.92. The van der Waals surface area contributed by atoms with E-state index < -0.39 is 10.0 Å². The fraction of sp³-hybridized carbons (Fsp3) is 0.562. The second-order valence-corrected chi connectivity index (χ2v) is 8.03. The van der Waals surface area contributed by atoms with Crippen molar-refractivity contribution in [3.05, 3.63) is 29.8 Å². The van der Waals surface area contributed by atoms with Crippen LogP contribution < -0.4 is 5.48 Å². The summed E-state index contributed by atoms with van der Waals surface area (Å²) in [5, 5.41) is 8.45. The Balaban J connectivity index is 1.87. The number of hydrogen-bond acceptors (Lipinski definition) is 4. The van der Waals surface area contributed by atoms with E-state index in [-0.39, 0.29) is 5.91 Å². The number of rotatable bonds is 6. The third-order valence-corrected chi connectivity index (χ3v) is 6.24. The minimum atomic E-state index is -3.41. The molecule has 1 saturated heterocycles. The number of benzene rings is 1. The van der Waals surface area contributed by atoms with Crippen molar-refractivity contribution in [1.29, 1.82) is 0 Å². The molecule has 1 aromatic carbocycles. The second-order valence-electron chi connectivity index (χ2n) is 6.09. The lowest BCUT2D eigenvalue weighted by molar-refractivity contribution is -0.129. The summed E-state index contributed by atoms with van der Waals surface area (Å²) in [7, 11) is -3.41. The fourth-order valence-corrected chi connectivity index (χ4v) is 4.55. The van der Waals surface area contributed by atoms with E-state index >= 15 is 0 Å². The molecule has 0 unspecified atom stereocenters. The van der Waals surface area contributed by atoms with Crippen LogP contribution >= 0.6 is 0 Å². The Labute approximate surface area is 137 Å². The van der Waals surface area contributed by atoms with Crippen LogP contribution in [0.4, 0.5) is 0 Å². The molecule has 0 aliphatic carbocycles. The van der Waals surface area contributed by atoms with Gasteiger partial charge in [-0.15, -0.1) is 0 Å². The molecule has 0 saturated carbocycles. The van der Waals surface area contributed by atoms with E-state index in [1.165, 1.54) is 0 Å². The van der Waals surface area contributed by atoms with Crippen LogP contribution in [0.5, 0.6) is 0 Å². The van der Waals surface area contributed by atoms with Gasteiger partial charge in [-0.2, -0.15) is 4.31 Å². The van der Waals surface area contributed by atoms with E-state index in [0.717, 1.165) is 24.8 Å². The smallest absolute Gasteiger partial charge is 0.243 e. The predicted octanol–water partition coefficient (Wildman–Crippen LogP) is 2.07. The molecule has 1 fully saturated rings. The molecule has 23 heavy (non-hydrogen) atoms. The summed E-state index contributed by atoms with van der Waals surface area (Å²) < 4.78 is 26.8. The highest BCUT2D eigenvalue weighted by atomic mass is 32.2. The first-order valence-corrected chi connectivity index (χ1v) is 9.37. The molecule has 0 radical (unpaired) electrons. The number of aryl methyl sites for hydroxylation is 1. The number of hydrogen-bond donors (Lipinski definition) is 2. The van der Waals surface area contributed by atoms with E-state index in [0.29, 0.717) is 36.7 Å². The minimum Gasteiger partial charge on any atom is -0.289 e. The summed E-state index contributed by atoms with van der Waals surface area (Å²) in [5.41, 5.74) is 2.56. The molecule has 0 spiro atoms. The van der Waals surface area contributed by atoms with Crippen LogP contribution in [-0.2, 0) is 14.8 Å². The summed E-state index contributed by atoms with van der Waals surface area (Å²) in [4.78, 5) is 11.3. The first-order chi connectivity index (χ1) is 10.9. The van der Waals surface area contributed by atoms with Crippen LogP contribution in [0.1, 0.15) is 37.7 Å². The first-order valence-electron chi connectivity index (χ1n) is 7.93. The second kappa shape index (κ2) is 7.90. The lowest BCUT2D eigenvalue weighted by atomic mass is 9.92. The van der Waals surface area contributed by atoms with Gasteiger partial charge in [-0.05, 0) is 56.2 Å². The van der Waals surface area contributed by atoms with Crippen molar-refractivity contribution >= 4 is 15.9 Å². The average Bonchev–Trinajstić information content (AvgIpc) is 2.55. The van der Waals surface area contributed by atoms with E-state index in [1.54, 1.807) is 28.0 Å². The average molecular weight is 340 g/mol. The number of piperidine rings is 1. The lowest BCUT2D eigenvalue weighted by Crippen LogP contribution is -2.38. The Kier molecular flexibility index (Phi) is 6.15. The van der Waals surface area contributed by atoms with Crippen LogP contribution in [0.15, 0.2) is 29.2 Å². The van der Waals surface area contributed by atoms with Crippen LogP contribution in [0.3, 0.4) is 0 Å². The van der Waals surface area contributed by atoms with E-state index in [2.05, 4.69) is 0 Å². The molecule has 128 valence electrons. The van der Waals surface area contributed by atoms with Gasteiger partial charge in [0.05, 0.1) is 4.90 Å². The maximum atomic E-state index is 12.6.